The van der Waals surface area contributed by atoms with E-state index in [1.807, 2.05) is 41.8 Å². The van der Waals surface area contributed by atoms with Crippen LogP contribution in [0.15, 0.2) is 58.2 Å². The molecule has 0 spiro atoms. The quantitative estimate of drug-likeness (QED) is 0.334. The van der Waals surface area contributed by atoms with Gasteiger partial charge in [-0.15, -0.1) is 10.2 Å². The Morgan fingerprint density at radius 2 is 1.93 bits per heavy atom. The number of rotatable bonds is 8. The Bertz CT molecular complexity index is 931. The van der Waals surface area contributed by atoms with Gasteiger partial charge in [0.25, 0.3) is 0 Å². The maximum atomic E-state index is 12.4. The number of carbonyl (C=O) groups is 1. The Morgan fingerprint density at radius 1 is 1.19 bits per heavy atom. The van der Waals surface area contributed by atoms with Crippen molar-refractivity contribution in [3.63, 3.8) is 0 Å². The Kier molecular flexibility index (Phi) is 6.93. The number of ether oxygens (including phenoxy) is 1. The van der Waals surface area contributed by atoms with E-state index in [0.29, 0.717) is 39.6 Å². The minimum absolute atomic E-state index is 0.0482. The highest BCUT2D eigenvalue weighted by atomic mass is 79.9. The number of nitrogens with zero attached hydrogens (tertiary/aromatic N) is 3. The van der Waals surface area contributed by atoms with Crippen LogP contribution in [0.3, 0.4) is 0 Å². The number of Topliss-reactive ketones (excluding diaryl/α,β-unsaturated/α-hetero) is 1. The molecule has 27 heavy (non-hydrogen) atoms. The third kappa shape index (κ3) is 5.12. The Hall–Kier alpha value is -1.83. The topological polar surface area (TPSA) is 57.0 Å². The molecule has 5 nitrogen and oxygen atoms in total. The van der Waals surface area contributed by atoms with Gasteiger partial charge in [0.05, 0.1) is 10.8 Å². The number of aromatic nitrogens is 3. The summed E-state index contributed by atoms with van der Waals surface area (Å²) in [6.45, 7) is 2.94. The van der Waals surface area contributed by atoms with E-state index in [1.54, 1.807) is 18.2 Å². The van der Waals surface area contributed by atoms with Gasteiger partial charge in [0.15, 0.2) is 16.8 Å². The first-order valence-corrected chi connectivity index (χ1v) is 10.4. The maximum absolute atomic E-state index is 12.4. The fourth-order valence-electron chi connectivity index (χ4n) is 2.40. The number of ketones is 1. The van der Waals surface area contributed by atoms with E-state index in [0.717, 1.165) is 4.47 Å². The van der Waals surface area contributed by atoms with E-state index in [4.69, 9.17) is 16.3 Å². The van der Waals surface area contributed by atoms with Gasteiger partial charge in [-0.2, -0.15) is 0 Å². The van der Waals surface area contributed by atoms with Crippen molar-refractivity contribution in [1.82, 2.24) is 14.8 Å². The predicted molar refractivity (Wildman–Crippen MR) is 111 cm³/mol. The lowest BCUT2D eigenvalue weighted by Crippen LogP contribution is -2.08. The van der Waals surface area contributed by atoms with Gasteiger partial charge in [-0.25, -0.2) is 0 Å². The third-order valence-electron chi connectivity index (χ3n) is 3.80. The van der Waals surface area contributed by atoms with Crippen molar-refractivity contribution in [3.05, 3.63) is 69.4 Å². The summed E-state index contributed by atoms with van der Waals surface area (Å²) < 4.78 is 8.63. The number of halogens is 2. The molecule has 8 heteroatoms. The van der Waals surface area contributed by atoms with Crippen molar-refractivity contribution >= 4 is 45.1 Å². The van der Waals surface area contributed by atoms with Crippen LogP contribution >= 0.6 is 39.3 Å². The molecule has 0 atom stereocenters. The molecule has 0 saturated heterocycles. The average Bonchev–Trinajstić information content (AvgIpc) is 3.08. The van der Waals surface area contributed by atoms with Crippen molar-refractivity contribution in [2.24, 2.45) is 0 Å². The summed E-state index contributed by atoms with van der Waals surface area (Å²) in [4.78, 5) is 12.4. The van der Waals surface area contributed by atoms with Gasteiger partial charge in [-0.1, -0.05) is 63.6 Å². The Morgan fingerprint density at radius 3 is 2.63 bits per heavy atom. The molecule has 0 unspecified atom stereocenters. The first kappa shape index (κ1) is 19.9. The molecule has 0 saturated carbocycles. The molecule has 3 aromatic rings. The molecule has 0 bridgehead atoms. The molecule has 1 aromatic heterocycles. The molecule has 0 amide bonds. The zero-order valence-corrected chi connectivity index (χ0v) is 17.7. The van der Waals surface area contributed by atoms with Crippen LogP contribution in [0.25, 0.3) is 0 Å². The number of hydrogen-bond donors (Lipinski definition) is 0. The van der Waals surface area contributed by atoms with E-state index in [2.05, 4.69) is 26.1 Å². The highest BCUT2D eigenvalue weighted by molar-refractivity contribution is 9.10. The van der Waals surface area contributed by atoms with Gasteiger partial charge >= 0.3 is 0 Å². The van der Waals surface area contributed by atoms with E-state index in [1.165, 1.54) is 11.8 Å². The molecule has 0 aliphatic heterocycles. The van der Waals surface area contributed by atoms with Crippen LogP contribution in [-0.2, 0) is 13.2 Å². The first-order valence-electron chi connectivity index (χ1n) is 8.29. The first-order chi connectivity index (χ1) is 13.1. The van der Waals surface area contributed by atoms with Crippen LogP contribution < -0.4 is 4.74 Å². The van der Waals surface area contributed by atoms with Gasteiger partial charge in [0.1, 0.15) is 12.4 Å². The molecule has 3 rings (SSSR count). The highest BCUT2D eigenvalue weighted by Crippen LogP contribution is 2.25. The zero-order chi connectivity index (χ0) is 19.2. The van der Waals surface area contributed by atoms with Crippen LogP contribution in [0.5, 0.6) is 5.75 Å². The van der Waals surface area contributed by atoms with Crippen molar-refractivity contribution in [2.75, 3.05) is 5.75 Å². The maximum Gasteiger partial charge on any atom is 0.191 e. The highest BCUT2D eigenvalue weighted by Gasteiger charge is 2.15. The Balaban J connectivity index is 1.64. The Labute approximate surface area is 175 Å². The van der Waals surface area contributed by atoms with Gasteiger partial charge in [0, 0.05) is 16.6 Å². The summed E-state index contributed by atoms with van der Waals surface area (Å²) >= 11 is 10.9. The van der Waals surface area contributed by atoms with E-state index >= 15 is 0 Å². The molecule has 0 fully saturated rings. The number of benzene rings is 2. The van der Waals surface area contributed by atoms with Crippen LogP contribution in [0.1, 0.15) is 23.1 Å². The smallest absolute Gasteiger partial charge is 0.191 e. The van der Waals surface area contributed by atoms with Crippen molar-refractivity contribution in [1.29, 1.82) is 0 Å². The van der Waals surface area contributed by atoms with Gasteiger partial charge < -0.3 is 9.30 Å². The lowest BCUT2D eigenvalue weighted by atomic mass is 10.2. The monoisotopic (exact) mass is 465 g/mol. The second-order valence-electron chi connectivity index (χ2n) is 5.58. The summed E-state index contributed by atoms with van der Waals surface area (Å²) in [5.41, 5.74) is 0.676. The normalized spacial score (nSPS) is 10.8. The predicted octanol–water partition coefficient (Wildman–Crippen LogP) is 5.27. The fourth-order valence-corrected chi connectivity index (χ4v) is 3.77. The second kappa shape index (κ2) is 9.39. The van der Waals surface area contributed by atoms with E-state index in [-0.39, 0.29) is 12.4 Å². The van der Waals surface area contributed by atoms with E-state index in [9.17, 15) is 4.79 Å². The molecule has 2 aromatic carbocycles. The summed E-state index contributed by atoms with van der Waals surface area (Å²) in [6.07, 6.45) is 0. The van der Waals surface area contributed by atoms with Gasteiger partial charge in [-0.05, 0) is 31.2 Å². The summed E-state index contributed by atoms with van der Waals surface area (Å²) in [5, 5.41) is 9.65. The zero-order valence-electron chi connectivity index (χ0n) is 14.6. The molecule has 0 aliphatic rings. The second-order valence-corrected chi connectivity index (χ2v) is 7.85. The third-order valence-corrected chi connectivity index (χ3v) is 5.61. The summed E-state index contributed by atoms with van der Waals surface area (Å²) in [6, 6.07) is 14.6. The molecule has 1 heterocycles. The SMILES string of the molecule is CCn1c(COc2ccccc2Cl)nnc1SCC(=O)c1ccc(Br)cc1. The van der Waals surface area contributed by atoms with Crippen LogP contribution in [-0.4, -0.2) is 26.3 Å². The van der Waals surface area contributed by atoms with Crippen LogP contribution in [0, 0.1) is 0 Å². The molecule has 140 valence electrons. The van der Waals surface area contributed by atoms with Gasteiger partial charge in [0.2, 0.25) is 0 Å². The van der Waals surface area contributed by atoms with Crippen molar-refractivity contribution in [2.45, 2.75) is 25.2 Å². The lowest BCUT2D eigenvalue weighted by molar-refractivity contribution is 0.102. The van der Waals surface area contributed by atoms with Crippen LogP contribution in [0.4, 0.5) is 0 Å². The molecular formula is C19H17BrClN3O2S. The van der Waals surface area contributed by atoms with Crippen LogP contribution in [0.2, 0.25) is 5.02 Å². The molecule has 0 N–H and O–H groups in total. The summed E-state index contributed by atoms with van der Waals surface area (Å²) in [5.74, 6) is 1.64. The van der Waals surface area contributed by atoms with E-state index < -0.39 is 0 Å². The molecule has 0 radical (unpaired) electrons. The number of thioether (sulfide) groups is 1. The molecular weight excluding hydrogens is 450 g/mol. The molecule has 0 aliphatic carbocycles. The number of hydrogen-bond acceptors (Lipinski definition) is 5. The van der Waals surface area contributed by atoms with Crippen molar-refractivity contribution < 1.29 is 9.53 Å². The minimum Gasteiger partial charge on any atom is -0.484 e. The average molecular weight is 467 g/mol. The number of para-hydroxylation sites is 1. The standard InChI is InChI=1S/C19H17BrClN3O2S/c1-2-24-18(11-26-17-6-4-3-5-15(17)21)22-23-19(24)27-12-16(25)13-7-9-14(20)10-8-13/h3-10H,2,11-12H2,1H3. The van der Waals surface area contributed by atoms with Gasteiger partial charge in [-0.3, -0.25) is 4.79 Å². The van der Waals surface area contributed by atoms with Crippen molar-refractivity contribution in [3.8, 4) is 5.75 Å². The largest absolute Gasteiger partial charge is 0.484 e. The summed E-state index contributed by atoms with van der Waals surface area (Å²) in [7, 11) is 0. The number of carbonyl (C=O) groups excluding carboxylic acids is 1. The lowest BCUT2D eigenvalue weighted by Gasteiger charge is -2.09. The minimum atomic E-state index is 0.0482. The fraction of sp³-hybridized carbons (Fsp3) is 0.211.